The zero-order valence-corrected chi connectivity index (χ0v) is 23.8. The van der Waals surface area contributed by atoms with Gasteiger partial charge in [0.05, 0.1) is 17.3 Å². The highest BCUT2D eigenvalue weighted by Gasteiger charge is 2.47. The largest absolute Gasteiger partial charge is 0.444 e. The Morgan fingerprint density at radius 2 is 1.79 bits per heavy atom. The normalized spacial score (nSPS) is 23.3. The molecule has 0 radical (unpaired) electrons. The van der Waals surface area contributed by atoms with Gasteiger partial charge in [-0.2, -0.15) is 11.3 Å². The Bertz CT molecular complexity index is 1140. The number of hydrogen-bond acceptors (Lipinski definition) is 7. The number of piperidine rings is 1. The molecule has 0 bridgehead atoms. The van der Waals surface area contributed by atoms with Crippen LogP contribution in [0.5, 0.6) is 0 Å². The first-order chi connectivity index (χ1) is 17.8. The van der Waals surface area contributed by atoms with E-state index in [0.717, 1.165) is 25.7 Å². The zero-order chi connectivity index (χ0) is 27.7. The van der Waals surface area contributed by atoms with Crippen LogP contribution in [0.3, 0.4) is 0 Å². The van der Waals surface area contributed by atoms with E-state index in [4.69, 9.17) is 10.5 Å². The molecule has 2 aliphatic rings. The number of carbonyl (C=O) groups excluding carboxylic acids is 3. The standard InChI is InChI=1S/C27H40N6O4S/c1-18-6-8-20(9-7-18)26(5,29-22(34)19-10-15-38-17-19)21-16-33(31-30-21)27(23(28)35)11-13-32(14-12-27)24(36)37-25(2,3)4/h10,15-18,20H,6-9,11-14H2,1-5H3,(H2,28,35)(H,29,34)/t18?,20?,26-/m0/s1. The minimum atomic E-state index is -1.12. The molecule has 10 nitrogen and oxygen atoms in total. The van der Waals surface area contributed by atoms with E-state index in [-0.39, 0.29) is 11.8 Å². The van der Waals surface area contributed by atoms with Gasteiger partial charge in [0.1, 0.15) is 16.8 Å². The second-order valence-corrected chi connectivity index (χ2v) is 12.8. The van der Waals surface area contributed by atoms with Crippen molar-refractivity contribution < 1.29 is 19.1 Å². The monoisotopic (exact) mass is 544 g/mol. The molecular weight excluding hydrogens is 504 g/mol. The molecule has 3 heterocycles. The van der Waals surface area contributed by atoms with Crippen LogP contribution in [-0.4, -0.2) is 56.5 Å². The van der Waals surface area contributed by atoms with E-state index in [1.54, 1.807) is 21.8 Å². The van der Waals surface area contributed by atoms with E-state index in [1.807, 2.05) is 38.5 Å². The van der Waals surface area contributed by atoms with Crippen LogP contribution in [0.4, 0.5) is 4.79 Å². The summed E-state index contributed by atoms with van der Waals surface area (Å²) >= 11 is 1.47. The fourth-order valence-electron chi connectivity index (χ4n) is 5.60. The van der Waals surface area contributed by atoms with Gasteiger partial charge in [-0.25, -0.2) is 9.48 Å². The van der Waals surface area contributed by atoms with Crippen molar-refractivity contribution in [3.8, 4) is 0 Å². The number of nitrogens with one attached hydrogen (secondary N) is 1. The van der Waals surface area contributed by atoms with E-state index >= 15 is 0 Å². The molecule has 1 saturated heterocycles. The second-order valence-electron chi connectivity index (χ2n) is 12.0. The van der Waals surface area contributed by atoms with Gasteiger partial charge in [0.2, 0.25) is 5.91 Å². The van der Waals surface area contributed by atoms with Crippen LogP contribution in [0.25, 0.3) is 0 Å². The lowest BCUT2D eigenvalue weighted by molar-refractivity contribution is -0.129. The van der Waals surface area contributed by atoms with Gasteiger partial charge in [-0.1, -0.05) is 25.0 Å². The topological polar surface area (TPSA) is 132 Å². The number of thiophene rings is 1. The van der Waals surface area contributed by atoms with Crippen molar-refractivity contribution >= 4 is 29.2 Å². The first kappa shape index (κ1) is 28.1. The molecule has 208 valence electrons. The van der Waals surface area contributed by atoms with E-state index in [1.165, 1.54) is 11.3 Å². The molecule has 1 aliphatic carbocycles. The molecule has 0 aromatic carbocycles. The first-order valence-electron chi connectivity index (χ1n) is 13.4. The SMILES string of the molecule is CC1CCC([C@](C)(NC(=O)c2ccsc2)c2cn(C3(C(N)=O)CCN(C(=O)OC(C)(C)C)CC3)nn2)CC1. The smallest absolute Gasteiger partial charge is 0.410 e. The van der Waals surface area contributed by atoms with Crippen molar-refractivity contribution in [2.45, 2.75) is 89.8 Å². The fraction of sp³-hybridized carbons (Fsp3) is 0.667. The summed E-state index contributed by atoms with van der Waals surface area (Å²) in [5, 5.41) is 15.9. The summed E-state index contributed by atoms with van der Waals surface area (Å²) in [6.07, 6.45) is 6.01. The highest BCUT2D eigenvalue weighted by atomic mass is 32.1. The summed E-state index contributed by atoms with van der Waals surface area (Å²) in [5.41, 5.74) is 4.67. The molecular formula is C27H40N6O4S. The third-order valence-corrected chi connectivity index (χ3v) is 8.84. The average molecular weight is 545 g/mol. The third kappa shape index (κ3) is 5.72. The minimum absolute atomic E-state index is 0.155. The molecule has 2 aromatic rings. The average Bonchev–Trinajstić information content (AvgIpc) is 3.56. The highest BCUT2D eigenvalue weighted by molar-refractivity contribution is 7.08. The van der Waals surface area contributed by atoms with E-state index in [0.29, 0.717) is 43.1 Å². The van der Waals surface area contributed by atoms with Crippen molar-refractivity contribution in [2.75, 3.05) is 13.1 Å². The molecule has 38 heavy (non-hydrogen) atoms. The molecule has 3 N–H and O–H groups in total. The summed E-state index contributed by atoms with van der Waals surface area (Å²) in [6, 6.07) is 1.81. The minimum Gasteiger partial charge on any atom is -0.444 e. The Hall–Kier alpha value is -2.95. The van der Waals surface area contributed by atoms with Crippen LogP contribution in [0, 0.1) is 11.8 Å². The van der Waals surface area contributed by atoms with Crippen LogP contribution in [0.1, 0.15) is 89.2 Å². The Kier molecular flexibility index (Phi) is 7.88. The van der Waals surface area contributed by atoms with Crippen LogP contribution < -0.4 is 11.1 Å². The molecule has 0 unspecified atom stereocenters. The Labute approximate surface area is 228 Å². The lowest BCUT2D eigenvalue weighted by Gasteiger charge is -2.41. The van der Waals surface area contributed by atoms with Crippen LogP contribution in [0.2, 0.25) is 0 Å². The number of nitrogens with two attached hydrogens (primary N) is 1. The van der Waals surface area contributed by atoms with E-state index in [2.05, 4.69) is 22.6 Å². The number of amides is 3. The number of carbonyl (C=O) groups is 3. The fourth-order valence-corrected chi connectivity index (χ4v) is 6.24. The number of rotatable bonds is 6. The van der Waals surface area contributed by atoms with Crippen molar-refractivity contribution in [1.82, 2.24) is 25.2 Å². The number of aromatic nitrogens is 3. The van der Waals surface area contributed by atoms with Gasteiger partial charge in [-0.05, 0) is 76.7 Å². The van der Waals surface area contributed by atoms with Gasteiger partial charge in [0.15, 0.2) is 0 Å². The third-order valence-electron chi connectivity index (χ3n) is 8.15. The highest BCUT2D eigenvalue weighted by Crippen LogP contribution is 2.41. The van der Waals surface area contributed by atoms with Gasteiger partial charge >= 0.3 is 6.09 Å². The quantitative estimate of drug-likeness (QED) is 0.564. The predicted octanol–water partition coefficient (Wildman–Crippen LogP) is 4.02. The van der Waals surface area contributed by atoms with E-state index in [9.17, 15) is 14.4 Å². The predicted molar refractivity (Wildman–Crippen MR) is 144 cm³/mol. The van der Waals surface area contributed by atoms with Gasteiger partial charge in [0.25, 0.3) is 5.91 Å². The summed E-state index contributed by atoms with van der Waals surface area (Å²) in [5.74, 6) is 0.141. The Balaban J connectivity index is 1.60. The maximum atomic E-state index is 13.2. The van der Waals surface area contributed by atoms with Crippen LogP contribution in [0.15, 0.2) is 23.0 Å². The Morgan fingerprint density at radius 1 is 1.13 bits per heavy atom. The molecule has 1 saturated carbocycles. The first-order valence-corrected chi connectivity index (χ1v) is 14.3. The van der Waals surface area contributed by atoms with Crippen LogP contribution >= 0.6 is 11.3 Å². The molecule has 11 heteroatoms. The summed E-state index contributed by atoms with van der Waals surface area (Å²) in [7, 11) is 0. The lowest BCUT2D eigenvalue weighted by atomic mass is 9.71. The van der Waals surface area contributed by atoms with Crippen molar-refractivity contribution in [1.29, 1.82) is 0 Å². The summed E-state index contributed by atoms with van der Waals surface area (Å²) in [6.45, 7) is 10.3. The number of nitrogens with zero attached hydrogens (tertiary/aromatic N) is 4. The lowest BCUT2D eigenvalue weighted by Crippen LogP contribution is -2.55. The van der Waals surface area contributed by atoms with Gasteiger partial charge in [0, 0.05) is 18.5 Å². The van der Waals surface area contributed by atoms with Gasteiger partial charge in [-0.3, -0.25) is 9.59 Å². The number of primary amides is 1. The molecule has 2 aromatic heterocycles. The van der Waals surface area contributed by atoms with Gasteiger partial charge < -0.3 is 20.7 Å². The number of hydrogen-bond donors (Lipinski definition) is 2. The van der Waals surface area contributed by atoms with Crippen molar-refractivity contribution in [3.05, 3.63) is 34.3 Å². The molecule has 4 rings (SSSR count). The zero-order valence-electron chi connectivity index (χ0n) is 23.0. The second kappa shape index (κ2) is 10.7. The molecule has 1 aliphatic heterocycles. The van der Waals surface area contributed by atoms with Crippen molar-refractivity contribution in [3.63, 3.8) is 0 Å². The Morgan fingerprint density at radius 3 is 2.34 bits per heavy atom. The number of likely N-dealkylation sites (tertiary alicyclic amines) is 1. The molecule has 3 amide bonds. The maximum Gasteiger partial charge on any atom is 0.410 e. The molecule has 1 atom stereocenters. The van der Waals surface area contributed by atoms with E-state index < -0.39 is 28.7 Å². The van der Waals surface area contributed by atoms with Crippen LogP contribution in [-0.2, 0) is 20.6 Å². The maximum absolute atomic E-state index is 13.2. The summed E-state index contributed by atoms with van der Waals surface area (Å²) in [4.78, 5) is 40.2. The summed E-state index contributed by atoms with van der Waals surface area (Å²) < 4.78 is 7.05. The van der Waals surface area contributed by atoms with Gasteiger partial charge in [-0.15, -0.1) is 5.10 Å². The molecule has 2 fully saturated rings. The number of ether oxygens (including phenoxy) is 1. The molecule has 0 spiro atoms. The van der Waals surface area contributed by atoms with Crippen molar-refractivity contribution in [2.24, 2.45) is 17.6 Å².